The average molecular weight is 572 g/mol. The van der Waals surface area contributed by atoms with Gasteiger partial charge in [0.1, 0.15) is 18.0 Å². The smallest absolute Gasteiger partial charge is 0.434 e. The number of halogens is 4. The highest BCUT2D eigenvalue weighted by Crippen LogP contribution is 2.44. The Bertz CT molecular complexity index is 1510. The maximum absolute atomic E-state index is 15.5. The molecule has 2 aliphatic rings. The molecule has 2 fully saturated rings. The lowest BCUT2D eigenvalue weighted by Gasteiger charge is -2.40. The predicted molar refractivity (Wildman–Crippen MR) is 149 cm³/mol. The molecule has 41 heavy (non-hydrogen) atoms. The highest BCUT2D eigenvalue weighted by atomic mass is 19.4. The largest absolute Gasteiger partial charge is 0.480 e. The van der Waals surface area contributed by atoms with Crippen LogP contribution in [0.2, 0.25) is 0 Å². The molecule has 1 aliphatic heterocycles. The maximum atomic E-state index is 15.5. The first-order valence-electron chi connectivity index (χ1n) is 13.6. The molecule has 0 bridgehead atoms. The lowest BCUT2D eigenvalue weighted by Crippen LogP contribution is -2.45. The number of aryl methyl sites for hydroxylation is 1. The number of methoxy groups -OCH3 is 1. The molecule has 1 aromatic carbocycles. The van der Waals surface area contributed by atoms with Gasteiger partial charge in [0.2, 0.25) is 5.88 Å². The molecule has 0 amide bonds. The Morgan fingerprint density at radius 1 is 1.22 bits per heavy atom. The van der Waals surface area contributed by atoms with E-state index in [2.05, 4.69) is 31.8 Å². The van der Waals surface area contributed by atoms with Crippen molar-refractivity contribution in [1.82, 2.24) is 19.5 Å². The number of hydrogen-bond donors (Lipinski definition) is 1. The fourth-order valence-electron chi connectivity index (χ4n) is 5.53. The molecule has 1 unspecified atom stereocenters. The summed E-state index contributed by atoms with van der Waals surface area (Å²) < 4.78 is 61.9. The van der Waals surface area contributed by atoms with Crippen LogP contribution in [0.3, 0.4) is 0 Å². The van der Waals surface area contributed by atoms with Crippen LogP contribution in [0.4, 0.5) is 23.2 Å². The average Bonchev–Trinajstić information content (AvgIpc) is 3.72. The first-order valence-corrected chi connectivity index (χ1v) is 13.6. The lowest BCUT2D eigenvalue weighted by atomic mass is 9.89. The van der Waals surface area contributed by atoms with Crippen LogP contribution < -0.4 is 15.4 Å². The number of aliphatic imine (C=N–C) groups is 1. The third-order valence-corrected chi connectivity index (χ3v) is 7.72. The van der Waals surface area contributed by atoms with Crippen LogP contribution in [0.25, 0.3) is 17.1 Å². The standard InChI is InChI=1S/C29H33F4N7O/c1-5-6-17-12-22(35-2)20(25(34)24-26(16-7-8-16)36-15-37-28(24)41-4)13-40(17)18-9-10-19(21(30)11-18)27-38-23(14-39(27)3)29(31,32)33/h9-11,14-17H,5-8,12-13,34H2,1-4H3/b25-20-,35-22?. The quantitative estimate of drug-likeness (QED) is 0.364. The second-order valence-corrected chi connectivity index (χ2v) is 10.5. The molecule has 0 radical (unpaired) electrons. The van der Waals surface area contributed by atoms with Crippen molar-refractivity contribution in [2.45, 2.75) is 57.2 Å². The van der Waals surface area contributed by atoms with Gasteiger partial charge < -0.3 is 19.9 Å². The van der Waals surface area contributed by atoms with E-state index in [1.54, 1.807) is 20.2 Å². The van der Waals surface area contributed by atoms with Crippen molar-refractivity contribution < 1.29 is 22.3 Å². The summed E-state index contributed by atoms with van der Waals surface area (Å²) in [6, 6.07) is 4.56. The Labute approximate surface area is 236 Å². The van der Waals surface area contributed by atoms with E-state index < -0.39 is 17.7 Å². The number of anilines is 1. The van der Waals surface area contributed by atoms with Gasteiger partial charge in [-0.2, -0.15) is 13.2 Å². The monoisotopic (exact) mass is 571 g/mol. The van der Waals surface area contributed by atoms with Crippen molar-refractivity contribution in [3.63, 3.8) is 0 Å². The molecular formula is C29H33F4N7O. The van der Waals surface area contributed by atoms with E-state index in [0.717, 1.165) is 48.9 Å². The van der Waals surface area contributed by atoms with Gasteiger partial charge in [0.15, 0.2) is 5.69 Å². The molecule has 8 nitrogen and oxygen atoms in total. The summed E-state index contributed by atoms with van der Waals surface area (Å²) in [5.41, 5.74) is 10.0. The third kappa shape index (κ3) is 5.51. The van der Waals surface area contributed by atoms with Crippen LogP contribution in [-0.2, 0) is 13.2 Å². The minimum absolute atomic E-state index is 0.0119. The molecule has 3 aromatic rings. The molecule has 1 atom stereocenters. The third-order valence-electron chi connectivity index (χ3n) is 7.72. The SMILES string of the molecule is CCCC1CC(=NC)/C(=C(\N)c2c(OC)ncnc2C2CC2)CN1c1ccc(-c2nc(C(F)(F)F)cn2C)c(F)c1. The number of benzene rings is 1. The van der Waals surface area contributed by atoms with E-state index >= 15 is 4.39 Å². The molecule has 5 rings (SSSR count). The molecule has 1 aliphatic carbocycles. The zero-order valence-corrected chi connectivity index (χ0v) is 23.5. The van der Waals surface area contributed by atoms with Crippen LogP contribution in [0, 0.1) is 5.82 Å². The van der Waals surface area contributed by atoms with E-state index in [4.69, 9.17) is 10.5 Å². The Morgan fingerprint density at radius 2 is 1.98 bits per heavy atom. The van der Waals surface area contributed by atoms with Gasteiger partial charge in [0, 0.05) is 62.2 Å². The van der Waals surface area contributed by atoms with Gasteiger partial charge >= 0.3 is 6.18 Å². The van der Waals surface area contributed by atoms with Gasteiger partial charge in [-0.1, -0.05) is 13.3 Å². The van der Waals surface area contributed by atoms with Gasteiger partial charge in [-0.05, 0) is 37.5 Å². The number of rotatable bonds is 7. The molecule has 1 saturated carbocycles. The number of hydrogen-bond acceptors (Lipinski definition) is 7. The van der Waals surface area contributed by atoms with Crippen molar-refractivity contribution in [2.75, 3.05) is 25.6 Å². The van der Waals surface area contributed by atoms with Crippen LogP contribution in [0.1, 0.15) is 61.9 Å². The minimum Gasteiger partial charge on any atom is -0.480 e. The van der Waals surface area contributed by atoms with Crippen molar-refractivity contribution in [2.24, 2.45) is 17.8 Å². The number of piperidine rings is 1. The first kappa shape index (κ1) is 28.6. The molecular weight excluding hydrogens is 538 g/mol. The second kappa shape index (κ2) is 11.1. The first-order chi connectivity index (χ1) is 19.6. The summed E-state index contributed by atoms with van der Waals surface area (Å²) in [5, 5.41) is 0. The highest BCUT2D eigenvalue weighted by molar-refractivity contribution is 6.08. The molecule has 12 heteroatoms. The summed E-state index contributed by atoms with van der Waals surface area (Å²) >= 11 is 0. The van der Waals surface area contributed by atoms with Crippen molar-refractivity contribution in [3.8, 4) is 17.3 Å². The van der Waals surface area contributed by atoms with Gasteiger partial charge in [0.05, 0.1) is 29.6 Å². The summed E-state index contributed by atoms with van der Waals surface area (Å²) in [7, 11) is 4.69. The van der Waals surface area contributed by atoms with Gasteiger partial charge in [-0.3, -0.25) is 4.99 Å². The number of alkyl halides is 3. The van der Waals surface area contributed by atoms with Crippen LogP contribution in [0.15, 0.2) is 41.3 Å². The van der Waals surface area contributed by atoms with Crippen molar-refractivity contribution >= 4 is 17.1 Å². The molecule has 0 spiro atoms. The normalized spacial score (nSPS) is 20.0. The highest BCUT2D eigenvalue weighted by Gasteiger charge is 2.36. The zero-order valence-electron chi connectivity index (χ0n) is 23.5. The summed E-state index contributed by atoms with van der Waals surface area (Å²) in [6.07, 6.45) is 2.06. The van der Waals surface area contributed by atoms with E-state index in [9.17, 15) is 13.2 Å². The number of nitrogens with zero attached hydrogens (tertiary/aromatic N) is 6. The van der Waals surface area contributed by atoms with Crippen molar-refractivity contribution in [1.29, 1.82) is 0 Å². The van der Waals surface area contributed by atoms with E-state index in [-0.39, 0.29) is 17.4 Å². The molecule has 2 aromatic heterocycles. The Morgan fingerprint density at radius 3 is 2.56 bits per heavy atom. The number of nitrogens with two attached hydrogens (primary N) is 1. The van der Waals surface area contributed by atoms with Crippen molar-refractivity contribution in [3.05, 3.63) is 59.1 Å². The Hall–Kier alpha value is -3.96. The number of aromatic nitrogens is 4. The summed E-state index contributed by atoms with van der Waals surface area (Å²) in [6.45, 7) is 2.43. The molecule has 2 N–H and O–H groups in total. The summed E-state index contributed by atoms with van der Waals surface area (Å²) in [5.74, 6) is -0.0728. The van der Waals surface area contributed by atoms with E-state index in [1.165, 1.54) is 30.1 Å². The minimum atomic E-state index is -4.62. The van der Waals surface area contributed by atoms with Gasteiger partial charge in [0.25, 0.3) is 0 Å². The topological polar surface area (TPSA) is 94.4 Å². The fraction of sp³-hybridized carbons (Fsp3) is 0.448. The van der Waals surface area contributed by atoms with Crippen LogP contribution in [-0.4, -0.2) is 52.0 Å². The lowest BCUT2D eigenvalue weighted by molar-refractivity contribution is -0.140. The summed E-state index contributed by atoms with van der Waals surface area (Å²) in [4.78, 5) is 19.1. The molecule has 3 heterocycles. The molecule has 218 valence electrons. The fourth-order valence-corrected chi connectivity index (χ4v) is 5.53. The second-order valence-electron chi connectivity index (χ2n) is 10.5. The van der Waals surface area contributed by atoms with Crippen LogP contribution >= 0.6 is 0 Å². The Balaban J connectivity index is 1.56. The predicted octanol–water partition coefficient (Wildman–Crippen LogP) is 5.74. The van der Waals surface area contributed by atoms with Gasteiger partial charge in [-0.15, -0.1) is 0 Å². The number of ether oxygens (including phenoxy) is 1. The zero-order chi connectivity index (χ0) is 29.5. The van der Waals surface area contributed by atoms with Crippen LogP contribution in [0.5, 0.6) is 5.88 Å². The Kier molecular flexibility index (Phi) is 7.76. The number of imidazole rings is 1. The van der Waals surface area contributed by atoms with E-state index in [1.807, 2.05) is 0 Å². The molecule has 1 saturated heterocycles. The van der Waals surface area contributed by atoms with Gasteiger partial charge in [-0.25, -0.2) is 19.3 Å². The maximum Gasteiger partial charge on any atom is 0.434 e. The van der Waals surface area contributed by atoms with E-state index in [0.29, 0.717) is 41.7 Å².